The van der Waals surface area contributed by atoms with Crippen molar-refractivity contribution in [2.24, 2.45) is 23.2 Å². The van der Waals surface area contributed by atoms with Crippen LogP contribution in [0.15, 0.2) is 30.9 Å². The SMILES string of the molecule is C=CCOc1ccc(C(=O)NCC23CC4CC(CC(C4)C2)C3)cc1OC. The molecule has 0 saturated heterocycles. The summed E-state index contributed by atoms with van der Waals surface area (Å²) in [5, 5.41) is 3.22. The lowest BCUT2D eigenvalue weighted by Gasteiger charge is -2.56. The van der Waals surface area contributed by atoms with Crippen molar-refractivity contribution in [2.45, 2.75) is 38.5 Å². The topological polar surface area (TPSA) is 47.6 Å². The van der Waals surface area contributed by atoms with Crippen LogP contribution in [-0.4, -0.2) is 26.2 Å². The molecule has 4 saturated carbocycles. The highest BCUT2D eigenvalue weighted by atomic mass is 16.5. The van der Waals surface area contributed by atoms with Gasteiger partial charge in [-0.2, -0.15) is 0 Å². The van der Waals surface area contributed by atoms with Crippen LogP contribution in [0.5, 0.6) is 11.5 Å². The number of carbonyl (C=O) groups is 1. The Kier molecular flexibility index (Phi) is 4.68. The van der Waals surface area contributed by atoms with E-state index in [2.05, 4.69) is 11.9 Å². The summed E-state index contributed by atoms with van der Waals surface area (Å²) in [6.45, 7) is 4.87. The first kappa shape index (κ1) is 17.4. The minimum absolute atomic E-state index is 0.0192. The normalized spacial score (nSPS) is 31.5. The van der Waals surface area contributed by atoms with E-state index in [1.807, 2.05) is 0 Å². The predicted octanol–water partition coefficient (Wildman–Crippen LogP) is 4.21. The van der Waals surface area contributed by atoms with Gasteiger partial charge in [0.1, 0.15) is 6.61 Å². The third kappa shape index (κ3) is 3.34. The highest BCUT2D eigenvalue weighted by molar-refractivity contribution is 5.94. The van der Waals surface area contributed by atoms with Gasteiger partial charge in [-0.1, -0.05) is 12.7 Å². The third-order valence-electron chi connectivity index (χ3n) is 6.57. The number of rotatable bonds is 7. The molecule has 0 aromatic heterocycles. The molecule has 26 heavy (non-hydrogen) atoms. The summed E-state index contributed by atoms with van der Waals surface area (Å²) in [5.41, 5.74) is 0.971. The first-order chi connectivity index (χ1) is 12.6. The maximum Gasteiger partial charge on any atom is 0.251 e. The molecule has 1 amide bonds. The summed E-state index contributed by atoms with van der Waals surface area (Å²) in [6, 6.07) is 5.35. The van der Waals surface area contributed by atoms with Gasteiger partial charge in [-0.05, 0) is 79.9 Å². The van der Waals surface area contributed by atoms with E-state index in [0.717, 1.165) is 24.3 Å². The summed E-state index contributed by atoms with van der Waals surface area (Å²) >= 11 is 0. The van der Waals surface area contributed by atoms with Gasteiger partial charge in [0.2, 0.25) is 0 Å². The highest BCUT2D eigenvalue weighted by Gasteiger charge is 2.50. The first-order valence-electron chi connectivity index (χ1n) is 9.81. The quantitative estimate of drug-likeness (QED) is 0.746. The van der Waals surface area contributed by atoms with Crippen LogP contribution < -0.4 is 14.8 Å². The largest absolute Gasteiger partial charge is 0.493 e. The fraction of sp³-hybridized carbons (Fsp3) is 0.591. The molecule has 1 aromatic carbocycles. The fourth-order valence-corrected chi connectivity index (χ4v) is 5.95. The van der Waals surface area contributed by atoms with Gasteiger partial charge < -0.3 is 14.8 Å². The molecule has 140 valence electrons. The third-order valence-corrected chi connectivity index (χ3v) is 6.57. The summed E-state index contributed by atoms with van der Waals surface area (Å²) in [6.07, 6.45) is 9.88. The average molecular weight is 355 g/mol. The molecule has 4 aliphatic carbocycles. The van der Waals surface area contributed by atoms with Crippen molar-refractivity contribution >= 4 is 5.91 Å². The van der Waals surface area contributed by atoms with Gasteiger partial charge in [-0.3, -0.25) is 4.79 Å². The van der Waals surface area contributed by atoms with Gasteiger partial charge in [-0.25, -0.2) is 0 Å². The van der Waals surface area contributed by atoms with Gasteiger partial charge in [-0.15, -0.1) is 0 Å². The van der Waals surface area contributed by atoms with Crippen LogP contribution in [0, 0.1) is 23.2 Å². The van der Waals surface area contributed by atoms with Crippen LogP contribution in [0.3, 0.4) is 0 Å². The summed E-state index contributed by atoms with van der Waals surface area (Å²) < 4.78 is 10.9. The Morgan fingerprint density at radius 3 is 2.42 bits per heavy atom. The van der Waals surface area contributed by atoms with E-state index in [1.165, 1.54) is 38.5 Å². The Hall–Kier alpha value is -1.97. The molecule has 0 radical (unpaired) electrons. The molecule has 4 aliphatic rings. The second-order valence-electron chi connectivity index (χ2n) is 8.57. The van der Waals surface area contributed by atoms with Gasteiger partial charge in [0, 0.05) is 12.1 Å². The highest BCUT2D eigenvalue weighted by Crippen LogP contribution is 2.59. The van der Waals surface area contributed by atoms with Crippen molar-refractivity contribution in [1.29, 1.82) is 0 Å². The Bertz CT molecular complexity index is 661. The zero-order valence-electron chi connectivity index (χ0n) is 15.6. The van der Waals surface area contributed by atoms with Crippen LogP contribution in [0.1, 0.15) is 48.9 Å². The van der Waals surface area contributed by atoms with Crippen molar-refractivity contribution in [3.63, 3.8) is 0 Å². The molecule has 4 fully saturated rings. The van der Waals surface area contributed by atoms with Gasteiger partial charge >= 0.3 is 0 Å². The maximum atomic E-state index is 12.7. The standard InChI is InChI=1S/C22H29NO3/c1-3-6-26-19-5-4-18(10-20(19)25-2)21(24)23-14-22-11-15-7-16(12-22)9-17(8-15)13-22/h3-5,10,15-17H,1,6-9,11-14H2,2H3,(H,23,24). The number of nitrogens with one attached hydrogen (secondary N) is 1. The lowest BCUT2D eigenvalue weighted by Crippen LogP contribution is -2.51. The van der Waals surface area contributed by atoms with Crippen LogP contribution in [0.25, 0.3) is 0 Å². The monoisotopic (exact) mass is 355 g/mol. The minimum Gasteiger partial charge on any atom is -0.493 e. The van der Waals surface area contributed by atoms with Crippen molar-refractivity contribution in [3.8, 4) is 11.5 Å². The second-order valence-corrected chi connectivity index (χ2v) is 8.57. The lowest BCUT2D eigenvalue weighted by atomic mass is 9.49. The molecule has 5 rings (SSSR count). The van der Waals surface area contributed by atoms with E-state index in [4.69, 9.17) is 9.47 Å². The van der Waals surface area contributed by atoms with Gasteiger partial charge in [0.05, 0.1) is 7.11 Å². The number of benzene rings is 1. The molecule has 0 spiro atoms. The number of ether oxygens (including phenoxy) is 2. The molecule has 0 heterocycles. The Balaban J connectivity index is 1.41. The van der Waals surface area contributed by atoms with Gasteiger partial charge in [0.15, 0.2) is 11.5 Å². The van der Waals surface area contributed by atoms with Crippen LogP contribution >= 0.6 is 0 Å². The molecule has 0 unspecified atom stereocenters. The molecular weight excluding hydrogens is 326 g/mol. The van der Waals surface area contributed by atoms with E-state index in [9.17, 15) is 4.79 Å². The zero-order chi connectivity index (χ0) is 18.1. The number of hydrogen-bond donors (Lipinski definition) is 1. The number of methoxy groups -OCH3 is 1. The van der Waals surface area contributed by atoms with E-state index >= 15 is 0 Å². The molecule has 4 bridgehead atoms. The van der Waals surface area contributed by atoms with Crippen LogP contribution in [0.2, 0.25) is 0 Å². The summed E-state index contributed by atoms with van der Waals surface area (Å²) in [7, 11) is 1.59. The molecule has 4 nitrogen and oxygen atoms in total. The molecule has 4 heteroatoms. The van der Waals surface area contributed by atoms with Crippen molar-refractivity contribution in [3.05, 3.63) is 36.4 Å². The minimum atomic E-state index is -0.0192. The summed E-state index contributed by atoms with van der Waals surface area (Å²) in [5.74, 6) is 3.90. The van der Waals surface area contributed by atoms with E-state index < -0.39 is 0 Å². The van der Waals surface area contributed by atoms with E-state index in [0.29, 0.717) is 29.1 Å². The number of carbonyl (C=O) groups excluding carboxylic acids is 1. The number of amides is 1. The van der Waals surface area contributed by atoms with Crippen molar-refractivity contribution in [1.82, 2.24) is 5.32 Å². The second kappa shape index (κ2) is 6.98. The van der Waals surface area contributed by atoms with E-state index in [-0.39, 0.29) is 5.91 Å². The Morgan fingerprint density at radius 1 is 1.19 bits per heavy atom. The van der Waals surface area contributed by atoms with Gasteiger partial charge in [0.25, 0.3) is 5.91 Å². The molecule has 1 aromatic rings. The lowest BCUT2D eigenvalue weighted by molar-refractivity contribution is -0.0503. The average Bonchev–Trinajstić information content (AvgIpc) is 2.63. The zero-order valence-corrected chi connectivity index (χ0v) is 15.6. The van der Waals surface area contributed by atoms with E-state index in [1.54, 1.807) is 31.4 Å². The fourth-order valence-electron chi connectivity index (χ4n) is 5.95. The van der Waals surface area contributed by atoms with Crippen LogP contribution in [-0.2, 0) is 0 Å². The predicted molar refractivity (Wildman–Crippen MR) is 102 cm³/mol. The molecule has 0 atom stereocenters. The smallest absolute Gasteiger partial charge is 0.251 e. The first-order valence-corrected chi connectivity index (χ1v) is 9.81. The van der Waals surface area contributed by atoms with Crippen molar-refractivity contribution in [2.75, 3.05) is 20.3 Å². The molecule has 1 N–H and O–H groups in total. The maximum absolute atomic E-state index is 12.7. The summed E-state index contributed by atoms with van der Waals surface area (Å²) in [4.78, 5) is 12.7. The van der Waals surface area contributed by atoms with Crippen molar-refractivity contribution < 1.29 is 14.3 Å². The Labute approximate surface area is 156 Å². The number of hydrogen-bond acceptors (Lipinski definition) is 3. The molecular formula is C22H29NO3. The molecule has 0 aliphatic heterocycles. The Morgan fingerprint density at radius 2 is 1.85 bits per heavy atom. The van der Waals surface area contributed by atoms with Crippen LogP contribution in [0.4, 0.5) is 0 Å².